The van der Waals surface area contributed by atoms with Crippen molar-refractivity contribution in [3.05, 3.63) is 0 Å². The summed E-state index contributed by atoms with van der Waals surface area (Å²) in [5, 5.41) is 12.5. The molecular weight excluding hydrogens is 142 g/mol. The van der Waals surface area contributed by atoms with Gasteiger partial charge in [-0.1, -0.05) is 0 Å². The van der Waals surface area contributed by atoms with E-state index < -0.39 is 0 Å². The van der Waals surface area contributed by atoms with Crippen LogP contribution >= 0.6 is 0 Å². The first-order valence-corrected chi connectivity index (χ1v) is 4.23. The van der Waals surface area contributed by atoms with E-state index in [0.29, 0.717) is 6.61 Å². The van der Waals surface area contributed by atoms with Gasteiger partial charge in [0.25, 0.3) is 0 Å². The lowest BCUT2D eigenvalue weighted by molar-refractivity contribution is 0.0594. The van der Waals surface area contributed by atoms with Crippen LogP contribution < -0.4 is 5.32 Å². The standard InChI is InChI=1S/C8H17NO2/c1-11-6-8(10)4-5-9-7-2-3-7/h7-10H,2-6H2,1H3. The molecule has 11 heavy (non-hydrogen) atoms. The minimum atomic E-state index is -0.300. The van der Waals surface area contributed by atoms with Crippen molar-refractivity contribution < 1.29 is 9.84 Å². The number of nitrogens with one attached hydrogen (secondary N) is 1. The van der Waals surface area contributed by atoms with Crippen LogP contribution in [-0.4, -0.2) is 37.5 Å². The molecule has 0 heterocycles. The average molecular weight is 159 g/mol. The van der Waals surface area contributed by atoms with Crippen LogP contribution in [0.25, 0.3) is 0 Å². The van der Waals surface area contributed by atoms with Gasteiger partial charge >= 0.3 is 0 Å². The molecule has 1 aliphatic rings. The van der Waals surface area contributed by atoms with Gasteiger partial charge in [-0.3, -0.25) is 0 Å². The number of rotatable bonds is 6. The largest absolute Gasteiger partial charge is 0.391 e. The number of hydrogen-bond donors (Lipinski definition) is 2. The second kappa shape index (κ2) is 4.70. The van der Waals surface area contributed by atoms with Gasteiger partial charge in [0.05, 0.1) is 12.7 Å². The highest BCUT2D eigenvalue weighted by Gasteiger charge is 2.19. The lowest BCUT2D eigenvalue weighted by Crippen LogP contribution is -2.24. The van der Waals surface area contributed by atoms with E-state index in [1.807, 2.05) is 0 Å². The molecule has 0 saturated heterocycles. The van der Waals surface area contributed by atoms with Crippen molar-refractivity contribution in [1.82, 2.24) is 5.32 Å². The first-order valence-electron chi connectivity index (χ1n) is 4.23. The molecule has 0 bridgehead atoms. The van der Waals surface area contributed by atoms with Gasteiger partial charge in [-0.05, 0) is 25.8 Å². The number of aliphatic hydroxyl groups excluding tert-OH is 1. The Bertz CT molecular complexity index is 104. The van der Waals surface area contributed by atoms with Gasteiger partial charge in [0.1, 0.15) is 0 Å². The molecule has 0 radical (unpaired) electrons. The second-order valence-electron chi connectivity index (χ2n) is 3.13. The third kappa shape index (κ3) is 4.35. The number of methoxy groups -OCH3 is 1. The smallest absolute Gasteiger partial charge is 0.0785 e. The Morgan fingerprint density at radius 2 is 2.36 bits per heavy atom. The molecule has 3 heteroatoms. The summed E-state index contributed by atoms with van der Waals surface area (Å²) in [4.78, 5) is 0. The van der Waals surface area contributed by atoms with Crippen LogP contribution in [0.15, 0.2) is 0 Å². The zero-order valence-corrected chi connectivity index (χ0v) is 7.05. The van der Waals surface area contributed by atoms with Crippen LogP contribution in [0, 0.1) is 0 Å². The maximum atomic E-state index is 9.22. The molecule has 66 valence electrons. The minimum absolute atomic E-state index is 0.300. The van der Waals surface area contributed by atoms with Gasteiger partial charge in [0.2, 0.25) is 0 Å². The molecule has 1 rings (SSSR count). The summed E-state index contributed by atoms with van der Waals surface area (Å²) in [7, 11) is 1.61. The Labute approximate surface area is 67.7 Å². The maximum absolute atomic E-state index is 9.22. The topological polar surface area (TPSA) is 41.5 Å². The van der Waals surface area contributed by atoms with E-state index >= 15 is 0 Å². The monoisotopic (exact) mass is 159 g/mol. The molecule has 0 aromatic heterocycles. The van der Waals surface area contributed by atoms with E-state index in [1.165, 1.54) is 12.8 Å². The van der Waals surface area contributed by atoms with E-state index in [4.69, 9.17) is 4.74 Å². The molecule has 0 aromatic rings. The van der Waals surface area contributed by atoms with Crippen LogP contribution in [0.3, 0.4) is 0 Å². The van der Waals surface area contributed by atoms with Crippen molar-refractivity contribution in [3.63, 3.8) is 0 Å². The fourth-order valence-electron chi connectivity index (χ4n) is 1.02. The zero-order chi connectivity index (χ0) is 8.10. The fraction of sp³-hybridized carbons (Fsp3) is 1.00. The molecule has 0 spiro atoms. The molecule has 1 aliphatic carbocycles. The highest BCUT2D eigenvalue weighted by molar-refractivity contribution is 4.80. The van der Waals surface area contributed by atoms with Gasteiger partial charge < -0.3 is 15.2 Å². The van der Waals surface area contributed by atoms with Gasteiger partial charge in [-0.2, -0.15) is 0 Å². The van der Waals surface area contributed by atoms with Gasteiger partial charge in [0, 0.05) is 13.2 Å². The Balaban J connectivity index is 1.84. The number of ether oxygens (including phenoxy) is 1. The van der Waals surface area contributed by atoms with Crippen LogP contribution in [-0.2, 0) is 4.74 Å². The average Bonchev–Trinajstić information content (AvgIpc) is 2.72. The maximum Gasteiger partial charge on any atom is 0.0785 e. The summed E-state index contributed by atoms with van der Waals surface area (Å²) in [5.41, 5.74) is 0. The van der Waals surface area contributed by atoms with Crippen molar-refractivity contribution in [1.29, 1.82) is 0 Å². The van der Waals surface area contributed by atoms with Crippen LogP contribution in [0.2, 0.25) is 0 Å². The quantitative estimate of drug-likeness (QED) is 0.579. The molecule has 1 saturated carbocycles. The molecule has 2 N–H and O–H groups in total. The Morgan fingerprint density at radius 1 is 1.64 bits per heavy atom. The van der Waals surface area contributed by atoms with E-state index in [-0.39, 0.29) is 6.10 Å². The first kappa shape index (κ1) is 8.97. The second-order valence-corrected chi connectivity index (χ2v) is 3.13. The predicted molar refractivity (Wildman–Crippen MR) is 43.5 cm³/mol. The highest BCUT2D eigenvalue weighted by Crippen LogP contribution is 2.18. The Hall–Kier alpha value is -0.120. The Morgan fingerprint density at radius 3 is 2.91 bits per heavy atom. The summed E-state index contributed by atoms with van der Waals surface area (Å²) < 4.78 is 4.80. The van der Waals surface area contributed by atoms with Gasteiger partial charge in [-0.15, -0.1) is 0 Å². The van der Waals surface area contributed by atoms with Crippen molar-refractivity contribution in [2.24, 2.45) is 0 Å². The Kier molecular flexibility index (Phi) is 3.83. The third-order valence-electron chi connectivity index (χ3n) is 1.85. The SMILES string of the molecule is COCC(O)CCNC1CC1. The summed E-state index contributed by atoms with van der Waals surface area (Å²) >= 11 is 0. The molecule has 1 fully saturated rings. The molecule has 1 unspecified atom stereocenters. The van der Waals surface area contributed by atoms with Crippen molar-refractivity contribution in [2.45, 2.75) is 31.4 Å². The van der Waals surface area contributed by atoms with E-state index in [2.05, 4.69) is 5.32 Å². The first-order chi connectivity index (χ1) is 5.33. The fourth-order valence-corrected chi connectivity index (χ4v) is 1.02. The summed E-state index contributed by atoms with van der Waals surface area (Å²) in [6, 6.07) is 0.741. The van der Waals surface area contributed by atoms with Crippen molar-refractivity contribution in [2.75, 3.05) is 20.3 Å². The highest BCUT2D eigenvalue weighted by atomic mass is 16.5. The lowest BCUT2D eigenvalue weighted by atomic mass is 10.2. The lowest BCUT2D eigenvalue weighted by Gasteiger charge is -2.08. The molecule has 0 aliphatic heterocycles. The zero-order valence-electron chi connectivity index (χ0n) is 7.05. The molecule has 3 nitrogen and oxygen atoms in total. The minimum Gasteiger partial charge on any atom is -0.391 e. The number of aliphatic hydroxyl groups is 1. The van der Waals surface area contributed by atoms with Crippen LogP contribution in [0.1, 0.15) is 19.3 Å². The van der Waals surface area contributed by atoms with Crippen LogP contribution in [0.4, 0.5) is 0 Å². The van der Waals surface area contributed by atoms with E-state index in [0.717, 1.165) is 19.0 Å². The van der Waals surface area contributed by atoms with Crippen LogP contribution in [0.5, 0.6) is 0 Å². The summed E-state index contributed by atoms with van der Waals surface area (Å²) in [5.74, 6) is 0. The predicted octanol–water partition coefficient (Wildman–Crippen LogP) is 0.136. The molecule has 0 aromatic carbocycles. The van der Waals surface area contributed by atoms with Gasteiger partial charge in [0.15, 0.2) is 0 Å². The van der Waals surface area contributed by atoms with Crippen molar-refractivity contribution in [3.8, 4) is 0 Å². The third-order valence-corrected chi connectivity index (χ3v) is 1.85. The van der Waals surface area contributed by atoms with E-state index in [9.17, 15) is 5.11 Å². The normalized spacial score (nSPS) is 20.2. The van der Waals surface area contributed by atoms with E-state index in [1.54, 1.807) is 7.11 Å². The summed E-state index contributed by atoms with van der Waals surface area (Å²) in [6.07, 6.45) is 3.11. The molecule has 0 amide bonds. The van der Waals surface area contributed by atoms with Gasteiger partial charge in [-0.25, -0.2) is 0 Å². The van der Waals surface area contributed by atoms with Crippen molar-refractivity contribution >= 4 is 0 Å². The summed E-state index contributed by atoms with van der Waals surface area (Å²) in [6.45, 7) is 1.36. The molecular formula is C8H17NO2. The number of hydrogen-bond acceptors (Lipinski definition) is 3. The molecule has 1 atom stereocenters.